The first-order valence-corrected chi connectivity index (χ1v) is 34.4. The molecule has 14 atom stereocenters. The zero-order chi connectivity index (χ0) is 69.8. The zero-order valence-electron chi connectivity index (χ0n) is 56.3. The molecule has 10 amide bonds. The maximum Gasteiger partial charge on any atom is 0.268 e. The van der Waals surface area contributed by atoms with Crippen LogP contribution in [0.1, 0.15) is 195 Å². The number of hydrogen-bond acceptors (Lipinski definition) is 17. The van der Waals surface area contributed by atoms with Gasteiger partial charge in [-0.3, -0.25) is 47.9 Å². The Bertz CT molecular complexity index is 2480. The van der Waals surface area contributed by atoms with Gasteiger partial charge in [0.05, 0.1) is 76.7 Å². The summed E-state index contributed by atoms with van der Waals surface area (Å²) >= 11 is 0.853. The van der Waals surface area contributed by atoms with Crippen molar-refractivity contribution in [1.82, 2.24) is 42.5 Å². The molecule has 2 rings (SSSR count). The number of thioether (sulfide) groups is 1. The summed E-state index contributed by atoms with van der Waals surface area (Å²) in [7, 11) is 6.35. The van der Waals surface area contributed by atoms with Gasteiger partial charge >= 0.3 is 0 Å². The van der Waals surface area contributed by atoms with E-state index in [1.807, 2.05) is 0 Å². The highest BCUT2D eigenvalue weighted by molar-refractivity contribution is 8.02. The Hall–Kier alpha value is -6.01. The molecule has 0 bridgehead atoms. The second kappa shape index (κ2) is 43.9. The van der Waals surface area contributed by atoms with Crippen LogP contribution in [0.15, 0.2) is 35.5 Å². The summed E-state index contributed by atoms with van der Waals surface area (Å²) in [4.78, 5) is 136. The van der Waals surface area contributed by atoms with Gasteiger partial charge in [-0.1, -0.05) is 90.4 Å². The van der Waals surface area contributed by atoms with Crippen molar-refractivity contribution < 1.29 is 83.1 Å². The molecule has 0 aromatic rings. The largest absolute Gasteiger partial charge is 0.393 e. The van der Waals surface area contributed by atoms with Crippen molar-refractivity contribution >= 4 is 70.8 Å². The molecule has 27 nitrogen and oxygen atoms in total. The summed E-state index contributed by atoms with van der Waals surface area (Å²) < 4.78 is 0.855. The van der Waals surface area contributed by atoms with E-state index in [2.05, 4.69) is 75.8 Å². The van der Waals surface area contributed by atoms with Crippen LogP contribution in [0.2, 0.25) is 0 Å². The fraction of sp³-hybridized carbons (Fsp3) is 0.754. The van der Waals surface area contributed by atoms with Gasteiger partial charge in [0.15, 0.2) is 0 Å². The van der Waals surface area contributed by atoms with E-state index in [0.29, 0.717) is 32.1 Å². The summed E-state index contributed by atoms with van der Waals surface area (Å²) in [6.45, 7) is 8.73. The number of allylic oxidation sites excluding steroid dienone is 3. The molecule has 18 N–H and O–H groups in total. The minimum Gasteiger partial charge on any atom is -0.393 e. The normalized spacial score (nSPS) is 23.4. The average molecular weight is 1340 g/mol. The Morgan fingerprint density at radius 1 is 0.677 bits per heavy atom. The first-order valence-electron chi connectivity index (χ1n) is 33.3. The summed E-state index contributed by atoms with van der Waals surface area (Å²) in [6.07, 6.45) is 13.5. The second-order valence-corrected chi connectivity index (χ2v) is 27.3. The van der Waals surface area contributed by atoms with Crippen molar-refractivity contribution in [2.75, 3.05) is 33.4 Å². The number of nitrogens with one attached hydrogen (secondary N) is 8. The number of amides is 10. The van der Waals surface area contributed by atoms with E-state index >= 15 is 4.79 Å². The number of carbonyl (C=O) groups excluding carboxylic acids is 10. The van der Waals surface area contributed by atoms with Crippen molar-refractivity contribution in [3.05, 3.63) is 35.5 Å². The molecule has 530 valence electrons. The van der Waals surface area contributed by atoms with E-state index < -0.39 is 175 Å². The van der Waals surface area contributed by atoms with Gasteiger partial charge in [0.1, 0.15) is 41.4 Å². The highest BCUT2D eigenvalue weighted by Crippen LogP contribution is 2.26. The molecule has 1 fully saturated rings. The number of primary amides is 2. The molecule has 28 heteroatoms. The minimum absolute atomic E-state index is 0.0522. The van der Waals surface area contributed by atoms with Crippen LogP contribution in [0.25, 0.3) is 0 Å². The monoisotopic (exact) mass is 1340 g/mol. The van der Waals surface area contributed by atoms with E-state index in [0.717, 1.165) is 106 Å². The van der Waals surface area contributed by atoms with Crippen LogP contribution in [0, 0.1) is 11.8 Å². The Labute approximate surface area is 554 Å². The Kier molecular flexibility index (Phi) is 39.2. The maximum absolute atomic E-state index is 15.0. The van der Waals surface area contributed by atoms with Crippen LogP contribution in [-0.2, 0) is 47.9 Å². The first-order chi connectivity index (χ1) is 43.8. The smallest absolute Gasteiger partial charge is 0.268 e. The number of hydrogen-bond donors (Lipinski definition) is 16. The second-order valence-electron chi connectivity index (χ2n) is 26.4. The lowest BCUT2D eigenvalue weighted by atomic mass is 9.88. The van der Waals surface area contributed by atoms with Gasteiger partial charge < -0.3 is 89.1 Å². The SMILES string of the molecule is C/C=C1\NC(=O)C(NC(=O)[C@H](C)NC(=O)C(C)C(O)CCCCCCC/C=C\CCCCCCC(O)CC(O)CC(O)CC(O)CC(O)CCCC[N+](C)(C)C)CC2(CS/C=C\NC(=O)[C@H](CC(N)=O)NC(=O)[C@H](CCC(N)=O)NC2=O)NC(=O)[C@H]([C@@H](C)CC)NC1=O. The number of nitrogens with zero attached hydrogens (tertiary/aromatic N) is 1. The van der Waals surface area contributed by atoms with Gasteiger partial charge in [-0.25, -0.2) is 0 Å². The fourth-order valence-corrected chi connectivity index (χ4v) is 11.7. The molecule has 2 heterocycles. The lowest BCUT2D eigenvalue weighted by Crippen LogP contribution is -2.68. The minimum atomic E-state index is -2.27. The molecular formula is C65H114N11O16S+. The molecule has 1 spiro atoms. The first kappa shape index (κ1) is 83.1. The highest BCUT2D eigenvalue weighted by atomic mass is 32.2. The van der Waals surface area contributed by atoms with Crippen molar-refractivity contribution in [3.8, 4) is 0 Å². The third-order valence-electron chi connectivity index (χ3n) is 16.8. The molecule has 0 aromatic carbocycles. The molecule has 9 unspecified atom stereocenters. The van der Waals surface area contributed by atoms with Crippen molar-refractivity contribution in [2.24, 2.45) is 23.3 Å². The van der Waals surface area contributed by atoms with Gasteiger partial charge in [-0.2, -0.15) is 0 Å². The van der Waals surface area contributed by atoms with Gasteiger partial charge in [0.25, 0.3) is 5.91 Å². The molecule has 1 saturated heterocycles. The maximum atomic E-state index is 15.0. The van der Waals surface area contributed by atoms with E-state index in [1.54, 1.807) is 13.8 Å². The predicted octanol–water partition coefficient (Wildman–Crippen LogP) is 1.10. The predicted molar refractivity (Wildman–Crippen MR) is 354 cm³/mol. The topological polar surface area (TPSA) is 440 Å². The third-order valence-corrected chi connectivity index (χ3v) is 17.8. The van der Waals surface area contributed by atoms with E-state index in [1.165, 1.54) is 32.3 Å². The van der Waals surface area contributed by atoms with Gasteiger partial charge in [0, 0.05) is 24.8 Å². The van der Waals surface area contributed by atoms with Gasteiger partial charge in [-0.15, -0.1) is 11.8 Å². The van der Waals surface area contributed by atoms with Gasteiger partial charge in [0.2, 0.25) is 53.2 Å². The molecule has 0 saturated carbocycles. The summed E-state index contributed by atoms with van der Waals surface area (Å²) in [5.74, 6) is -11.2. The molecule has 0 aromatic heterocycles. The fourth-order valence-electron chi connectivity index (χ4n) is 10.9. The molecule has 93 heavy (non-hydrogen) atoms. The molecule has 0 radical (unpaired) electrons. The number of rotatable bonds is 40. The van der Waals surface area contributed by atoms with E-state index in [4.69, 9.17) is 11.5 Å². The number of aliphatic hydroxyl groups is 6. The highest BCUT2D eigenvalue weighted by Gasteiger charge is 2.48. The van der Waals surface area contributed by atoms with Gasteiger partial charge in [-0.05, 0) is 115 Å². The zero-order valence-corrected chi connectivity index (χ0v) is 57.1. The number of nitrogens with two attached hydrogens (primary N) is 2. The van der Waals surface area contributed by atoms with Crippen molar-refractivity contribution in [3.63, 3.8) is 0 Å². The average Bonchev–Trinajstić information content (AvgIpc) is 1.74. The number of quaternary nitrogens is 1. The third kappa shape index (κ3) is 33.8. The van der Waals surface area contributed by atoms with Crippen molar-refractivity contribution in [1.29, 1.82) is 0 Å². The standard InChI is InChI=1S/C65H113N11O16S/c1-9-41(3)56-63(91)75-65(40-93-33-31-68-59(87)51(38-55(67)84)71-61(89)50(73-64(65)92)29-30-54(66)83)39-52(62(90)70-49(10-2)60(88)74-56)72-58(86)43(5)69-57(85)42(4)53(82)28-23-21-19-17-15-13-11-12-14-16-18-20-22-26-44(77)34-46(79)36-48(81)37-47(80)35-45(78)27-24-25-32-76(6,7)8/h10-12,31,33,41-48,50-53,56,77-82H,9,13-30,32,34-40H2,1-8H3,(H11-,66,67,68,69,70,71,72,73,74,75,83,84,85,86,87,88,89,90,91,92)/p+1/b12-11-,33-31-,49-10-/t41-,42?,43-,44?,45?,46?,47?,48?,50-,51-,52?,53?,56-,65?/m0/s1. The quantitative estimate of drug-likeness (QED) is 0.0177. The van der Waals surface area contributed by atoms with Crippen LogP contribution < -0.4 is 54.0 Å². The lowest BCUT2D eigenvalue weighted by molar-refractivity contribution is -0.870. The molecule has 2 aliphatic rings. The van der Waals surface area contributed by atoms with Crippen LogP contribution >= 0.6 is 11.8 Å². The van der Waals surface area contributed by atoms with Crippen LogP contribution in [0.4, 0.5) is 0 Å². The Balaban J connectivity index is 1.97. The summed E-state index contributed by atoms with van der Waals surface area (Å²) in [5.41, 5.74) is 8.23. The lowest BCUT2D eigenvalue weighted by Gasteiger charge is -2.38. The summed E-state index contributed by atoms with van der Waals surface area (Å²) in [5, 5.41) is 84.7. The Morgan fingerprint density at radius 3 is 1.77 bits per heavy atom. The number of unbranched alkanes of at least 4 members (excludes halogenated alkanes) is 10. The molecule has 0 aliphatic carbocycles. The van der Waals surface area contributed by atoms with Crippen LogP contribution in [-0.4, -0.2) is 200 Å². The molecular weight excluding hydrogens is 1220 g/mol. The van der Waals surface area contributed by atoms with Crippen molar-refractivity contribution in [2.45, 2.75) is 268 Å². The summed E-state index contributed by atoms with van der Waals surface area (Å²) in [6, 6.07) is -7.65. The molecule has 2 aliphatic heterocycles. The van der Waals surface area contributed by atoms with E-state index in [-0.39, 0.29) is 31.4 Å². The van der Waals surface area contributed by atoms with Crippen LogP contribution in [0.5, 0.6) is 0 Å². The Morgan fingerprint density at radius 2 is 1.23 bits per heavy atom. The van der Waals surface area contributed by atoms with E-state index in [9.17, 15) is 73.8 Å². The number of carbonyl (C=O) groups is 10. The van der Waals surface area contributed by atoms with Crippen LogP contribution in [0.3, 0.4) is 0 Å². The number of aliphatic hydroxyl groups excluding tert-OH is 6.